The first-order valence-electron chi connectivity index (χ1n) is 5.83. The minimum Gasteiger partial charge on any atom is -0.464 e. The first-order chi connectivity index (χ1) is 8.63. The molecule has 0 fully saturated rings. The van der Waals surface area contributed by atoms with Crippen molar-refractivity contribution in [2.75, 3.05) is 6.61 Å². The van der Waals surface area contributed by atoms with E-state index in [2.05, 4.69) is 4.98 Å². The molecule has 94 valence electrons. The van der Waals surface area contributed by atoms with Gasteiger partial charge in [-0.15, -0.1) is 0 Å². The lowest BCUT2D eigenvalue weighted by molar-refractivity contribution is -0.153. The molecule has 0 spiro atoms. The monoisotopic (exact) mass is 245 g/mol. The zero-order valence-electron chi connectivity index (χ0n) is 10.4. The Kier molecular flexibility index (Phi) is 3.58. The van der Waals surface area contributed by atoms with E-state index >= 15 is 0 Å². The van der Waals surface area contributed by atoms with Crippen molar-refractivity contribution in [2.24, 2.45) is 0 Å². The van der Waals surface area contributed by atoms with Gasteiger partial charge in [0.05, 0.1) is 6.61 Å². The zero-order valence-corrected chi connectivity index (χ0v) is 10.4. The van der Waals surface area contributed by atoms with Crippen molar-refractivity contribution in [1.82, 2.24) is 4.98 Å². The number of benzene rings is 1. The third kappa shape index (κ3) is 2.33. The predicted octanol–water partition coefficient (Wildman–Crippen LogP) is 2.14. The van der Waals surface area contributed by atoms with Crippen molar-refractivity contribution in [3.63, 3.8) is 0 Å². The van der Waals surface area contributed by atoms with Crippen molar-refractivity contribution in [3.05, 3.63) is 41.7 Å². The van der Waals surface area contributed by atoms with Gasteiger partial charge in [0.2, 0.25) is 0 Å². The summed E-state index contributed by atoms with van der Waals surface area (Å²) in [4.78, 5) is 15.7. The van der Waals surface area contributed by atoms with Gasteiger partial charge >= 0.3 is 5.97 Å². The molecule has 1 heterocycles. The van der Waals surface area contributed by atoms with Gasteiger partial charge in [0.1, 0.15) is 0 Å². The summed E-state index contributed by atoms with van der Waals surface area (Å²) in [6, 6.07) is 7.26. The van der Waals surface area contributed by atoms with Crippen LogP contribution in [0, 0.1) is 6.92 Å². The summed E-state index contributed by atoms with van der Waals surface area (Å²) < 4.78 is 4.80. The van der Waals surface area contributed by atoms with Crippen LogP contribution in [0.5, 0.6) is 0 Å². The number of carbonyl (C=O) groups excluding carboxylic acids is 1. The number of rotatable bonds is 3. The molecule has 1 atom stereocenters. The van der Waals surface area contributed by atoms with Gasteiger partial charge < -0.3 is 9.84 Å². The fraction of sp³-hybridized carbons (Fsp3) is 0.286. The Morgan fingerprint density at radius 3 is 2.94 bits per heavy atom. The van der Waals surface area contributed by atoms with Crippen LogP contribution in [-0.2, 0) is 9.53 Å². The Balaban J connectivity index is 2.40. The summed E-state index contributed by atoms with van der Waals surface area (Å²) in [5.74, 6) is -0.626. The Morgan fingerprint density at radius 2 is 2.22 bits per heavy atom. The molecular weight excluding hydrogens is 230 g/mol. The summed E-state index contributed by atoms with van der Waals surface area (Å²) in [7, 11) is 0. The summed E-state index contributed by atoms with van der Waals surface area (Å²) in [6.45, 7) is 3.85. The van der Waals surface area contributed by atoms with E-state index in [1.807, 2.05) is 19.1 Å². The van der Waals surface area contributed by atoms with Gasteiger partial charge in [-0.05, 0) is 36.9 Å². The van der Waals surface area contributed by atoms with Crippen molar-refractivity contribution in [3.8, 4) is 0 Å². The molecule has 1 aromatic carbocycles. The highest BCUT2D eigenvalue weighted by Gasteiger charge is 2.18. The van der Waals surface area contributed by atoms with Crippen molar-refractivity contribution in [1.29, 1.82) is 0 Å². The van der Waals surface area contributed by atoms with Gasteiger partial charge in [0, 0.05) is 17.3 Å². The van der Waals surface area contributed by atoms with E-state index in [9.17, 15) is 9.90 Å². The number of ether oxygens (including phenoxy) is 1. The van der Waals surface area contributed by atoms with E-state index < -0.39 is 12.1 Å². The van der Waals surface area contributed by atoms with E-state index in [-0.39, 0.29) is 6.61 Å². The number of esters is 1. The smallest absolute Gasteiger partial charge is 0.339 e. The maximum Gasteiger partial charge on any atom is 0.339 e. The van der Waals surface area contributed by atoms with Crippen LogP contribution in [0.2, 0.25) is 0 Å². The Labute approximate surface area is 105 Å². The van der Waals surface area contributed by atoms with Crippen LogP contribution >= 0.6 is 0 Å². The number of fused-ring (bicyclic) bond motifs is 1. The molecule has 0 amide bonds. The van der Waals surface area contributed by atoms with Crippen molar-refractivity contribution >= 4 is 16.7 Å². The van der Waals surface area contributed by atoms with Crippen LogP contribution in [0.15, 0.2) is 30.5 Å². The maximum atomic E-state index is 11.5. The van der Waals surface area contributed by atoms with Gasteiger partial charge in [-0.2, -0.15) is 0 Å². The normalized spacial score (nSPS) is 12.4. The summed E-state index contributed by atoms with van der Waals surface area (Å²) in [5, 5.41) is 11.8. The van der Waals surface area contributed by atoms with Crippen molar-refractivity contribution < 1.29 is 14.6 Å². The Morgan fingerprint density at radius 1 is 1.44 bits per heavy atom. The molecule has 4 nitrogen and oxygen atoms in total. The fourth-order valence-electron chi connectivity index (χ4n) is 1.86. The largest absolute Gasteiger partial charge is 0.464 e. The second-order valence-corrected chi connectivity index (χ2v) is 4.03. The molecule has 18 heavy (non-hydrogen) atoms. The highest BCUT2D eigenvalue weighted by Crippen LogP contribution is 2.22. The molecular formula is C14H15NO3. The first-order valence-corrected chi connectivity index (χ1v) is 5.83. The van der Waals surface area contributed by atoms with Crippen molar-refractivity contribution in [2.45, 2.75) is 20.0 Å². The third-order valence-electron chi connectivity index (χ3n) is 2.82. The van der Waals surface area contributed by atoms with Crippen LogP contribution in [0.1, 0.15) is 24.3 Å². The topological polar surface area (TPSA) is 59.4 Å². The molecule has 0 aliphatic rings. The number of hydrogen-bond acceptors (Lipinski definition) is 4. The molecule has 0 saturated heterocycles. The SMILES string of the molecule is CCOC(=O)C(O)c1ccc2ccnc(C)c2c1. The average molecular weight is 245 g/mol. The van der Waals surface area contributed by atoms with E-state index in [1.165, 1.54) is 0 Å². The number of aliphatic hydroxyl groups excluding tert-OH is 1. The van der Waals surface area contributed by atoms with Gasteiger partial charge in [-0.3, -0.25) is 4.98 Å². The maximum absolute atomic E-state index is 11.5. The molecule has 1 unspecified atom stereocenters. The lowest BCUT2D eigenvalue weighted by Gasteiger charge is -2.11. The van der Waals surface area contributed by atoms with E-state index in [1.54, 1.807) is 25.3 Å². The minimum absolute atomic E-state index is 0.254. The number of pyridine rings is 1. The van der Waals surface area contributed by atoms with Crippen LogP contribution in [0.4, 0.5) is 0 Å². The quantitative estimate of drug-likeness (QED) is 0.842. The van der Waals surface area contributed by atoms with Crippen LogP contribution in [0.25, 0.3) is 10.8 Å². The van der Waals surface area contributed by atoms with Gasteiger partial charge in [-0.1, -0.05) is 12.1 Å². The van der Waals surface area contributed by atoms with Crippen LogP contribution in [-0.4, -0.2) is 22.7 Å². The minimum atomic E-state index is -1.24. The van der Waals surface area contributed by atoms with Gasteiger partial charge in [0.15, 0.2) is 6.10 Å². The van der Waals surface area contributed by atoms with E-state index in [4.69, 9.17) is 4.74 Å². The summed E-state index contributed by atoms with van der Waals surface area (Å²) in [5.41, 5.74) is 1.39. The second kappa shape index (κ2) is 5.14. The van der Waals surface area contributed by atoms with E-state index in [0.29, 0.717) is 5.56 Å². The molecule has 1 aromatic heterocycles. The molecule has 0 aliphatic carbocycles. The molecule has 1 N–H and O–H groups in total. The van der Waals surface area contributed by atoms with Crippen LogP contribution in [0.3, 0.4) is 0 Å². The molecule has 2 aromatic rings. The summed E-state index contributed by atoms with van der Waals surface area (Å²) >= 11 is 0. The van der Waals surface area contributed by atoms with E-state index in [0.717, 1.165) is 16.5 Å². The highest BCUT2D eigenvalue weighted by molar-refractivity contribution is 5.86. The fourth-order valence-corrected chi connectivity index (χ4v) is 1.86. The number of aromatic nitrogens is 1. The molecule has 0 radical (unpaired) electrons. The molecule has 0 saturated carbocycles. The van der Waals surface area contributed by atoms with Crippen LogP contribution < -0.4 is 0 Å². The molecule has 0 bridgehead atoms. The Bertz CT molecular complexity index is 580. The third-order valence-corrected chi connectivity index (χ3v) is 2.82. The molecule has 2 rings (SSSR count). The second-order valence-electron chi connectivity index (χ2n) is 4.03. The zero-order chi connectivity index (χ0) is 13.1. The lowest BCUT2D eigenvalue weighted by Crippen LogP contribution is -2.15. The number of aliphatic hydroxyl groups is 1. The first kappa shape index (κ1) is 12.5. The van der Waals surface area contributed by atoms with Gasteiger partial charge in [-0.25, -0.2) is 4.79 Å². The highest BCUT2D eigenvalue weighted by atomic mass is 16.5. The molecule has 4 heteroatoms. The van der Waals surface area contributed by atoms with Gasteiger partial charge in [0.25, 0.3) is 0 Å². The Hall–Kier alpha value is -1.94. The summed E-state index contributed by atoms with van der Waals surface area (Å²) in [6.07, 6.45) is 0.494. The molecule has 0 aliphatic heterocycles. The number of carbonyl (C=O) groups is 1. The lowest BCUT2D eigenvalue weighted by atomic mass is 10.0. The number of hydrogen-bond donors (Lipinski definition) is 1. The standard InChI is InChI=1S/C14H15NO3/c1-3-18-14(17)13(16)11-5-4-10-6-7-15-9(2)12(10)8-11/h4-8,13,16H,3H2,1-2H3. The number of nitrogens with zero attached hydrogens (tertiary/aromatic N) is 1. The predicted molar refractivity (Wildman–Crippen MR) is 68.1 cm³/mol. The average Bonchev–Trinajstić information content (AvgIpc) is 2.38. The number of aryl methyl sites for hydroxylation is 1.